The van der Waals surface area contributed by atoms with Crippen LogP contribution in [0.3, 0.4) is 0 Å². The molecule has 0 spiro atoms. The number of halogens is 2. The van der Waals surface area contributed by atoms with Crippen molar-refractivity contribution in [1.82, 2.24) is 15.1 Å². The number of aromatic nitrogens is 2. The van der Waals surface area contributed by atoms with E-state index < -0.39 is 0 Å². The molecule has 0 aliphatic rings. The first-order valence-corrected chi connectivity index (χ1v) is 8.40. The summed E-state index contributed by atoms with van der Waals surface area (Å²) >= 11 is 3.33. The van der Waals surface area contributed by atoms with Gasteiger partial charge in [0.2, 0.25) is 5.91 Å². The highest BCUT2D eigenvalue weighted by Crippen LogP contribution is 2.18. The molecule has 7 heteroatoms. The molecule has 0 aliphatic heterocycles. The maximum atomic E-state index is 13.3. The molecule has 0 bridgehead atoms. The third-order valence-corrected chi connectivity index (χ3v) is 4.62. The topological polar surface area (TPSA) is 64.0 Å². The van der Waals surface area contributed by atoms with Crippen molar-refractivity contribution in [3.63, 3.8) is 0 Å². The lowest BCUT2D eigenvalue weighted by Crippen LogP contribution is -2.27. The van der Waals surface area contributed by atoms with Gasteiger partial charge in [0.15, 0.2) is 0 Å². The predicted molar refractivity (Wildman–Crippen MR) is 96.6 cm³/mol. The van der Waals surface area contributed by atoms with Crippen LogP contribution in [0.4, 0.5) is 4.39 Å². The zero-order valence-corrected chi connectivity index (χ0v) is 15.0. The van der Waals surface area contributed by atoms with E-state index in [1.165, 1.54) is 16.8 Å². The lowest BCUT2D eigenvalue weighted by atomic mass is 10.1. The third kappa shape index (κ3) is 3.76. The zero-order valence-electron chi connectivity index (χ0n) is 13.4. The van der Waals surface area contributed by atoms with E-state index in [0.29, 0.717) is 22.0 Å². The van der Waals surface area contributed by atoms with Crippen molar-refractivity contribution in [3.05, 3.63) is 74.4 Å². The third-order valence-electron chi connectivity index (χ3n) is 3.84. The number of carbonyl (C=O) groups is 1. The van der Waals surface area contributed by atoms with Gasteiger partial charge in [-0.1, -0.05) is 34.1 Å². The molecule has 1 N–H and O–H groups in total. The molecule has 2 aromatic carbocycles. The molecule has 5 nitrogen and oxygen atoms in total. The largest absolute Gasteiger partial charge is 0.352 e. The molecule has 0 saturated carbocycles. The second kappa shape index (κ2) is 7.14. The van der Waals surface area contributed by atoms with E-state index in [4.69, 9.17) is 0 Å². The minimum absolute atomic E-state index is 0.0293. The molecule has 1 aromatic heterocycles. The molecule has 1 heterocycles. The molecule has 3 rings (SSSR count). The van der Waals surface area contributed by atoms with Gasteiger partial charge in [-0.2, -0.15) is 5.10 Å². The molecule has 1 amide bonds. The van der Waals surface area contributed by atoms with Crippen molar-refractivity contribution in [2.45, 2.75) is 13.0 Å². The quantitative estimate of drug-likeness (QED) is 0.728. The number of hydrogen-bond donors (Lipinski definition) is 1. The molecule has 0 saturated heterocycles. The minimum Gasteiger partial charge on any atom is -0.352 e. The lowest BCUT2D eigenvalue weighted by Gasteiger charge is -2.10. The van der Waals surface area contributed by atoms with Crippen LogP contribution in [-0.2, 0) is 24.8 Å². The van der Waals surface area contributed by atoms with E-state index in [1.54, 1.807) is 37.4 Å². The van der Waals surface area contributed by atoms with Gasteiger partial charge in [0.1, 0.15) is 5.82 Å². The Labute approximate surface area is 151 Å². The Bertz CT molecular complexity index is 1020. The fourth-order valence-corrected chi connectivity index (χ4v) is 2.98. The second-order valence-corrected chi connectivity index (χ2v) is 6.46. The second-order valence-electron chi connectivity index (χ2n) is 5.61. The van der Waals surface area contributed by atoms with E-state index in [2.05, 4.69) is 26.3 Å². The van der Waals surface area contributed by atoms with Crippen LogP contribution in [0.15, 0.2) is 51.7 Å². The highest BCUT2D eigenvalue weighted by Gasteiger charge is 2.12. The number of amides is 1. The van der Waals surface area contributed by atoms with E-state index in [9.17, 15) is 14.0 Å². The number of aryl methyl sites for hydroxylation is 1. The zero-order chi connectivity index (χ0) is 18.0. The number of hydrogen-bond acceptors (Lipinski definition) is 3. The minimum atomic E-state index is -0.363. The molecule has 0 radical (unpaired) electrons. The summed E-state index contributed by atoms with van der Waals surface area (Å²) in [4.78, 5) is 24.4. The molecule has 128 valence electrons. The van der Waals surface area contributed by atoms with Gasteiger partial charge in [-0.15, -0.1) is 0 Å². The van der Waals surface area contributed by atoms with Crippen LogP contribution in [0.5, 0.6) is 0 Å². The van der Waals surface area contributed by atoms with Crippen LogP contribution >= 0.6 is 15.9 Å². The van der Waals surface area contributed by atoms with Crippen molar-refractivity contribution in [3.8, 4) is 0 Å². The number of rotatable bonds is 4. The lowest BCUT2D eigenvalue weighted by molar-refractivity contribution is -0.120. The summed E-state index contributed by atoms with van der Waals surface area (Å²) in [6.07, 6.45) is 0.0293. The highest BCUT2D eigenvalue weighted by atomic mass is 79.9. The van der Waals surface area contributed by atoms with Gasteiger partial charge in [0.25, 0.3) is 5.56 Å². The molecule has 0 unspecified atom stereocenters. The van der Waals surface area contributed by atoms with Crippen LogP contribution < -0.4 is 10.9 Å². The first-order chi connectivity index (χ1) is 12.0. The summed E-state index contributed by atoms with van der Waals surface area (Å²) in [5.41, 5.74) is 0.962. The Kier molecular flexibility index (Phi) is 4.94. The van der Waals surface area contributed by atoms with Gasteiger partial charge < -0.3 is 5.32 Å². The van der Waals surface area contributed by atoms with Gasteiger partial charge in [-0.05, 0) is 29.8 Å². The average Bonchev–Trinajstić information content (AvgIpc) is 2.60. The SMILES string of the molecule is Cn1nc(CC(=O)NCc2cc(F)ccc2Br)c2ccccc2c1=O. The number of carbonyl (C=O) groups excluding carboxylic acids is 1. The first kappa shape index (κ1) is 17.3. The van der Waals surface area contributed by atoms with Crippen LogP contribution in [0, 0.1) is 5.82 Å². The summed E-state index contributed by atoms with van der Waals surface area (Å²) in [7, 11) is 1.56. The maximum Gasteiger partial charge on any atom is 0.274 e. The van der Waals surface area contributed by atoms with Crippen molar-refractivity contribution in [1.29, 1.82) is 0 Å². The molecular formula is C18H15BrFN3O2. The Hall–Kier alpha value is -2.54. The van der Waals surface area contributed by atoms with Crippen molar-refractivity contribution < 1.29 is 9.18 Å². The Morgan fingerprint density at radius 1 is 1.24 bits per heavy atom. The maximum absolute atomic E-state index is 13.3. The Morgan fingerprint density at radius 2 is 1.96 bits per heavy atom. The molecule has 0 atom stereocenters. The highest BCUT2D eigenvalue weighted by molar-refractivity contribution is 9.10. The predicted octanol–water partition coefficient (Wildman–Crippen LogP) is 2.69. The Morgan fingerprint density at radius 3 is 2.72 bits per heavy atom. The van der Waals surface area contributed by atoms with Crippen LogP contribution in [0.1, 0.15) is 11.3 Å². The van der Waals surface area contributed by atoms with Crippen LogP contribution in [-0.4, -0.2) is 15.7 Å². The van der Waals surface area contributed by atoms with Gasteiger partial charge in [0.05, 0.1) is 17.5 Å². The normalized spacial score (nSPS) is 10.8. The van der Waals surface area contributed by atoms with Gasteiger partial charge in [0, 0.05) is 23.5 Å². The average molecular weight is 404 g/mol. The van der Waals surface area contributed by atoms with Gasteiger partial charge >= 0.3 is 0 Å². The smallest absolute Gasteiger partial charge is 0.274 e. The van der Waals surface area contributed by atoms with Crippen molar-refractivity contribution >= 4 is 32.6 Å². The summed E-state index contributed by atoms with van der Waals surface area (Å²) in [6, 6.07) is 11.4. The molecule has 3 aromatic rings. The van der Waals surface area contributed by atoms with E-state index in [1.807, 2.05) is 0 Å². The number of nitrogens with zero attached hydrogens (tertiary/aromatic N) is 2. The first-order valence-electron chi connectivity index (χ1n) is 7.61. The van der Waals surface area contributed by atoms with Crippen LogP contribution in [0.2, 0.25) is 0 Å². The fraction of sp³-hybridized carbons (Fsp3) is 0.167. The fourth-order valence-electron chi connectivity index (χ4n) is 2.59. The monoisotopic (exact) mass is 403 g/mol. The summed E-state index contributed by atoms with van der Waals surface area (Å²) in [6.45, 7) is 0.195. The summed E-state index contributed by atoms with van der Waals surface area (Å²) in [5.74, 6) is -0.620. The van der Waals surface area contributed by atoms with E-state index in [0.717, 1.165) is 4.47 Å². The van der Waals surface area contributed by atoms with Gasteiger partial charge in [-0.3, -0.25) is 9.59 Å². The Balaban J connectivity index is 1.80. The number of benzene rings is 2. The summed E-state index contributed by atoms with van der Waals surface area (Å²) < 4.78 is 15.3. The van der Waals surface area contributed by atoms with Crippen molar-refractivity contribution in [2.75, 3.05) is 0 Å². The van der Waals surface area contributed by atoms with E-state index in [-0.39, 0.29) is 30.2 Å². The van der Waals surface area contributed by atoms with Crippen molar-refractivity contribution in [2.24, 2.45) is 7.05 Å². The van der Waals surface area contributed by atoms with Crippen LogP contribution in [0.25, 0.3) is 10.8 Å². The molecule has 25 heavy (non-hydrogen) atoms. The molecular weight excluding hydrogens is 389 g/mol. The van der Waals surface area contributed by atoms with Gasteiger partial charge in [-0.25, -0.2) is 9.07 Å². The standard InChI is InChI=1S/C18H15BrFN3O2/c1-23-18(25)14-5-3-2-4-13(14)16(22-23)9-17(24)21-10-11-8-12(20)6-7-15(11)19/h2-8H,9-10H2,1H3,(H,21,24). The number of nitrogens with one attached hydrogen (secondary N) is 1. The molecule has 0 fully saturated rings. The molecule has 0 aliphatic carbocycles. The van der Waals surface area contributed by atoms with E-state index >= 15 is 0 Å². The summed E-state index contributed by atoms with van der Waals surface area (Å²) in [5, 5.41) is 8.14. The number of fused-ring (bicyclic) bond motifs is 1.